The van der Waals surface area contributed by atoms with Crippen molar-refractivity contribution < 1.29 is 13.2 Å². The summed E-state index contributed by atoms with van der Waals surface area (Å²) in [5, 5.41) is 5.08. The molecular formula is C14H19BrN2O3S. The molecule has 0 spiro atoms. The molecule has 2 rings (SSSR count). The molecule has 1 atom stereocenters. The van der Waals surface area contributed by atoms with Gasteiger partial charge in [0.1, 0.15) is 0 Å². The van der Waals surface area contributed by atoms with Gasteiger partial charge in [0.15, 0.2) is 0 Å². The average Bonchev–Trinajstić information content (AvgIpc) is 2.67. The van der Waals surface area contributed by atoms with E-state index in [1.54, 1.807) is 4.90 Å². The van der Waals surface area contributed by atoms with Crippen molar-refractivity contribution in [3.8, 4) is 0 Å². The molecular weight excluding hydrogens is 356 g/mol. The van der Waals surface area contributed by atoms with Crippen LogP contribution in [-0.2, 0) is 14.8 Å². The van der Waals surface area contributed by atoms with E-state index < -0.39 is 10.0 Å². The van der Waals surface area contributed by atoms with Crippen LogP contribution in [0.4, 0.5) is 5.69 Å². The zero-order chi connectivity index (χ0) is 15.8. The summed E-state index contributed by atoms with van der Waals surface area (Å²) < 4.78 is 23.4. The van der Waals surface area contributed by atoms with Gasteiger partial charge in [0.25, 0.3) is 0 Å². The zero-order valence-corrected chi connectivity index (χ0v) is 14.4. The van der Waals surface area contributed by atoms with Crippen LogP contribution in [-0.4, -0.2) is 26.6 Å². The van der Waals surface area contributed by atoms with Crippen LogP contribution in [0.5, 0.6) is 0 Å². The van der Waals surface area contributed by atoms with E-state index in [1.165, 1.54) is 0 Å². The van der Waals surface area contributed by atoms with E-state index in [-0.39, 0.29) is 29.9 Å². The van der Waals surface area contributed by atoms with E-state index in [2.05, 4.69) is 29.8 Å². The summed E-state index contributed by atoms with van der Waals surface area (Å²) in [6.45, 7) is 4.53. The number of carbonyl (C=O) groups is 1. The first-order chi connectivity index (χ1) is 9.67. The van der Waals surface area contributed by atoms with Gasteiger partial charge in [0.2, 0.25) is 15.9 Å². The Kier molecular flexibility index (Phi) is 4.75. The number of nitrogens with zero attached hydrogens (tertiary/aromatic N) is 1. The quantitative estimate of drug-likeness (QED) is 0.876. The van der Waals surface area contributed by atoms with Gasteiger partial charge in [0, 0.05) is 29.0 Å². The molecule has 0 aliphatic carbocycles. The van der Waals surface area contributed by atoms with Crippen LogP contribution in [0.25, 0.3) is 0 Å². The highest BCUT2D eigenvalue weighted by atomic mass is 79.9. The minimum Gasteiger partial charge on any atom is -0.312 e. The molecule has 7 heteroatoms. The van der Waals surface area contributed by atoms with Gasteiger partial charge in [-0.05, 0) is 29.7 Å². The second kappa shape index (κ2) is 6.06. The second-order valence-corrected chi connectivity index (χ2v) is 8.34. The molecule has 1 aliphatic rings. The molecule has 1 aliphatic heterocycles. The van der Waals surface area contributed by atoms with Crippen LogP contribution in [0, 0.1) is 5.92 Å². The van der Waals surface area contributed by atoms with Crippen LogP contribution in [0.2, 0.25) is 0 Å². The van der Waals surface area contributed by atoms with Crippen LogP contribution < -0.4 is 10.0 Å². The molecule has 1 heterocycles. The van der Waals surface area contributed by atoms with Crippen molar-refractivity contribution in [2.75, 3.05) is 17.2 Å². The minimum atomic E-state index is -3.56. The van der Waals surface area contributed by atoms with Crippen molar-refractivity contribution in [3.63, 3.8) is 0 Å². The van der Waals surface area contributed by atoms with Gasteiger partial charge in [-0.25, -0.2) is 13.6 Å². The number of hydrogen-bond donors (Lipinski definition) is 1. The molecule has 1 saturated heterocycles. The molecule has 0 aromatic heterocycles. The highest BCUT2D eigenvalue weighted by molar-refractivity contribution is 9.10. The number of primary sulfonamides is 1. The average molecular weight is 375 g/mol. The predicted molar refractivity (Wildman–Crippen MR) is 86.7 cm³/mol. The molecule has 5 nitrogen and oxygen atoms in total. The second-order valence-electron chi connectivity index (χ2n) is 5.76. The first-order valence-electron chi connectivity index (χ1n) is 6.77. The third-order valence-corrected chi connectivity index (χ3v) is 5.00. The molecule has 116 valence electrons. The lowest BCUT2D eigenvalue weighted by molar-refractivity contribution is -0.117. The van der Waals surface area contributed by atoms with E-state index in [0.717, 1.165) is 15.7 Å². The molecule has 0 bridgehead atoms. The predicted octanol–water partition coefficient (Wildman–Crippen LogP) is 2.21. The number of benzene rings is 1. The summed E-state index contributed by atoms with van der Waals surface area (Å²) in [5.41, 5.74) is 1.92. The third-order valence-electron chi connectivity index (χ3n) is 3.58. The maximum atomic E-state index is 12.2. The van der Waals surface area contributed by atoms with Crippen LogP contribution in [0.1, 0.15) is 31.7 Å². The fraction of sp³-hybridized carbons (Fsp3) is 0.500. The van der Waals surface area contributed by atoms with Crippen LogP contribution in [0.3, 0.4) is 0 Å². The van der Waals surface area contributed by atoms with Gasteiger partial charge in [-0.2, -0.15) is 0 Å². The summed E-state index contributed by atoms with van der Waals surface area (Å²) >= 11 is 3.44. The Morgan fingerprint density at radius 3 is 2.67 bits per heavy atom. The van der Waals surface area contributed by atoms with Crippen molar-refractivity contribution in [1.82, 2.24) is 0 Å². The molecule has 0 saturated carbocycles. The molecule has 2 N–H and O–H groups in total. The normalized spacial score (nSPS) is 19.6. The number of hydrogen-bond acceptors (Lipinski definition) is 3. The molecule has 1 amide bonds. The van der Waals surface area contributed by atoms with Crippen molar-refractivity contribution in [3.05, 3.63) is 28.2 Å². The van der Waals surface area contributed by atoms with Crippen LogP contribution >= 0.6 is 15.9 Å². The fourth-order valence-electron chi connectivity index (χ4n) is 2.69. The Morgan fingerprint density at radius 1 is 1.43 bits per heavy atom. The highest BCUT2D eigenvalue weighted by Crippen LogP contribution is 2.34. The number of rotatable bonds is 4. The Labute approximate surface area is 133 Å². The lowest BCUT2D eigenvalue weighted by Crippen LogP contribution is -2.28. The van der Waals surface area contributed by atoms with Crippen molar-refractivity contribution in [2.24, 2.45) is 11.1 Å². The van der Waals surface area contributed by atoms with Crippen molar-refractivity contribution >= 4 is 37.5 Å². The summed E-state index contributed by atoms with van der Waals surface area (Å²) in [4.78, 5) is 13.9. The SMILES string of the molecule is CC(C)c1cc(Br)ccc1N1CC(CS(N)(=O)=O)CC1=O. The zero-order valence-electron chi connectivity index (χ0n) is 12.0. The number of anilines is 1. The van der Waals surface area contributed by atoms with Gasteiger partial charge < -0.3 is 4.90 Å². The number of carbonyl (C=O) groups excluding carboxylic acids is 1. The first kappa shape index (κ1) is 16.5. The topological polar surface area (TPSA) is 80.5 Å². The van der Waals surface area contributed by atoms with Gasteiger partial charge >= 0.3 is 0 Å². The van der Waals surface area contributed by atoms with E-state index in [1.807, 2.05) is 18.2 Å². The number of nitrogens with two attached hydrogens (primary N) is 1. The van der Waals surface area contributed by atoms with E-state index in [4.69, 9.17) is 5.14 Å². The van der Waals surface area contributed by atoms with Crippen molar-refractivity contribution in [1.29, 1.82) is 0 Å². The summed E-state index contributed by atoms with van der Waals surface area (Å²) in [6.07, 6.45) is 0.226. The molecule has 1 aromatic rings. The standard InChI is InChI=1S/C14H19BrN2O3S/c1-9(2)12-6-11(15)3-4-13(12)17-7-10(5-14(17)18)8-21(16,19)20/h3-4,6,9-10H,5,7-8H2,1-2H3,(H2,16,19,20). The summed E-state index contributed by atoms with van der Waals surface area (Å²) in [6, 6.07) is 5.79. The Bertz CT molecular complexity index is 658. The number of amides is 1. The Hall–Kier alpha value is -0.920. The molecule has 1 unspecified atom stereocenters. The highest BCUT2D eigenvalue weighted by Gasteiger charge is 2.34. The minimum absolute atomic E-state index is 0.0483. The molecule has 21 heavy (non-hydrogen) atoms. The van der Waals surface area contributed by atoms with Crippen molar-refractivity contribution in [2.45, 2.75) is 26.2 Å². The Balaban J connectivity index is 2.29. The summed E-state index contributed by atoms with van der Waals surface area (Å²) in [7, 11) is -3.56. The number of sulfonamides is 1. The largest absolute Gasteiger partial charge is 0.312 e. The van der Waals surface area contributed by atoms with Gasteiger partial charge in [-0.15, -0.1) is 0 Å². The Morgan fingerprint density at radius 2 is 2.10 bits per heavy atom. The lowest BCUT2D eigenvalue weighted by atomic mass is 10.0. The first-order valence-corrected chi connectivity index (χ1v) is 9.28. The van der Waals surface area contributed by atoms with Gasteiger partial charge in [-0.1, -0.05) is 29.8 Å². The molecule has 1 fully saturated rings. The number of halogens is 1. The molecule has 0 radical (unpaired) electrons. The third kappa shape index (κ3) is 4.05. The lowest BCUT2D eigenvalue weighted by Gasteiger charge is -2.22. The van der Waals surface area contributed by atoms with E-state index in [9.17, 15) is 13.2 Å². The maximum Gasteiger partial charge on any atom is 0.227 e. The van der Waals surface area contributed by atoms with Gasteiger partial charge in [0.05, 0.1) is 5.75 Å². The van der Waals surface area contributed by atoms with Gasteiger partial charge in [-0.3, -0.25) is 4.79 Å². The fourth-order valence-corrected chi connectivity index (χ4v) is 3.95. The summed E-state index contributed by atoms with van der Waals surface area (Å²) in [5.74, 6) is -0.172. The van der Waals surface area contributed by atoms with Crippen LogP contribution in [0.15, 0.2) is 22.7 Å². The maximum absolute atomic E-state index is 12.2. The molecule has 1 aromatic carbocycles. The smallest absolute Gasteiger partial charge is 0.227 e. The van der Waals surface area contributed by atoms with E-state index in [0.29, 0.717) is 6.54 Å². The monoisotopic (exact) mass is 374 g/mol. The van der Waals surface area contributed by atoms with E-state index >= 15 is 0 Å².